The van der Waals surface area contributed by atoms with Crippen LogP contribution in [-0.4, -0.2) is 36.1 Å². The van der Waals surface area contributed by atoms with Crippen LogP contribution in [0.4, 0.5) is 0 Å². The van der Waals surface area contributed by atoms with Gasteiger partial charge in [0.15, 0.2) is 9.84 Å². The lowest BCUT2D eigenvalue weighted by Crippen LogP contribution is -2.36. The number of hydrogen-bond donors (Lipinski definition) is 1. The summed E-state index contributed by atoms with van der Waals surface area (Å²) in [5, 5.41) is 4.18. The van der Waals surface area contributed by atoms with Crippen LogP contribution in [0.25, 0.3) is 5.65 Å². The van der Waals surface area contributed by atoms with E-state index in [0.717, 1.165) is 0 Å². The van der Waals surface area contributed by atoms with E-state index >= 15 is 0 Å². The molecule has 0 aromatic carbocycles. The predicted octanol–water partition coefficient (Wildman–Crippen LogP) is 2.44. The number of carbonyl (C=O) groups excluding carboxylic acids is 1. The molecular formula is C17H17N3O4S2. The third-order valence-corrected chi connectivity index (χ3v) is 8.36. The Morgan fingerprint density at radius 1 is 1.42 bits per heavy atom. The van der Waals surface area contributed by atoms with Crippen molar-refractivity contribution in [3.05, 3.63) is 47.2 Å². The van der Waals surface area contributed by atoms with Crippen LogP contribution in [-0.2, 0) is 9.84 Å². The van der Waals surface area contributed by atoms with E-state index in [1.54, 1.807) is 48.2 Å². The molecule has 26 heavy (non-hydrogen) atoms. The number of thiophene rings is 1. The highest BCUT2D eigenvalue weighted by molar-refractivity contribution is 7.94. The van der Waals surface area contributed by atoms with E-state index in [1.165, 1.54) is 17.5 Å². The molecule has 136 valence electrons. The molecule has 3 aromatic heterocycles. The van der Waals surface area contributed by atoms with E-state index in [0.29, 0.717) is 33.3 Å². The van der Waals surface area contributed by atoms with Crippen molar-refractivity contribution in [2.45, 2.75) is 28.8 Å². The van der Waals surface area contributed by atoms with E-state index in [4.69, 9.17) is 4.74 Å². The Morgan fingerprint density at radius 3 is 3.00 bits per heavy atom. The van der Waals surface area contributed by atoms with Crippen LogP contribution in [0.5, 0.6) is 5.75 Å². The Morgan fingerprint density at radius 2 is 2.23 bits per heavy atom. The van der Waals surface area contributed by atoms with Crippen molar-refractivity contribution < 1.29 is 17.9 Å². The average Bonchev–Trinajstić information content (AvgIpc) is 3.26. The summed E-state index contributed by atoms with van der Waals surface area (Å²) in [4.78, 5) is 17.0. The highest BCUT2D eigenvalue weighted by Gasteiger charge is 2.38. The lowest BCUT2D eigenvalue weighted by Gasteiger charge is -2.27. The average molecular weight is 391 g/mol. The van der Waals surface area contributed by atoms with E-state index in [1.807, 2.05) is 0 Å². The Labute approximate surface area is 154 Å². The van der Waals surface area contributed by atoms with Crippen molar-refractivity contribution in [1.29, 1.82) is 0 Å². The van der Waals surface area contributed by atoms with E-state index < -0.39 is 15.1 Å². The molecule has 1 aliphatic heterocycles. The smallest absolute Gasteiger partial charge is 0.270 e. The molecule has 9 heteroatoms. The first-order valence-electron chi connectivity index (χ1n) is 8.05. The molecule has 0 unspecified atom stereocenters. The molecule has 0 radical (unpaired) electrons. The molecule has 1 N–H and O–H groups in total. The minimum Gasteiger partial charge on any atom is -0.497 e. The summed E-state index contributed by atoms with van der Waals surface area (Å²) in [5.74, 6) is 0.362. The highest BCUT2D eigenvalue weighted by Crippen LogP contribution is 2.39. The van der Waals surface area contributed by atoms with Gasteiger partial charge in [-0.1, -0.05) is 0 Å². The maximum atomic E-state index is 12.8. The van der Waals surface area contributed by atoms with Crippen LogP contribution in [0.1, 0.15) is 35.4 Å². The molecule has 4 rings (SSSR count). The second kappa shape index (κ2) is 6.10. The molecule has 7 nitrogen and oxygen atoms in total. The zero-order valence-electron chi connectivity index (χ0n) is 14.2. The number of imidazole rings is 1. The fourth-order valence-corrected chi connectivity index (χ4v) is 6.42. The number of nitrogens with zero attached hydrogens (tertiary/aromatic N) is 2. The highest BCUT2D eigenvalue weighted by atomic mass is 32.2. The molecule has 0 spiro atoms. The van der Waals surface area contributed by atoms with Crippen molar-refractivity contribution in [2.24, 2.45) is 0 Å². The molecule has 1 aliphatic rings. The summed E-state index contributed by atoms with van der Waals surface area (Å²) in [5.41, 5.74) is 1.66. The number of pyridine rings is 1. The van der Waals surface area contributed by atoms with Crippen molar-refractivity contribution in [3.8, 4) is 5.75 Å². The molecular weight excluding hydrogens is 374 g/mol. The van der Waals surface area contributed by atoms with Gasteiger partial charge in [0.2, 0.25) is 0 Å². The number of hydrogen-bond acceptors (Lipinski definition) is 6. The zero-order chi connectivity index (χ0) is 18.5. The van der Waals surface area contributed by atoms with Gasteiger partial charge in [0.1, 0.15) is 21.3 Å². The molecule has 3 aromatic rings. The number of ether oxygens (including phenoxy) is 1. The van der Waals surface area contributed by atoms with Gasteiger partial charge in [-0.25, -0.2) is 13.4 Å². The first-order chi connectivity index (χ1) is 12.4. The van der Waals surface area contributed by atoms with Crippen LogP contribution in [0.15, 0.2) is 40.2 Å². The van der Waals surface area contributed by atoms with Crippen LogP contribution in [0.3, 0.4) is 0 Å². The fourth-order valence-electron chi connectivity index (χ4n) is 3.19. The van der Waals surface area contributed by atoms with Gasteiger partial charge >= 0.3 is 0 Å². The molecule has 0 saturated carbocycles. The monoisotopic (exact) mass is 391 g/mol. The summed E-state index contributed by atoms with van der Waals surface area (Å²) in [6, 6.07) is 4.92. The number of nitrogens with one attached hydrogen (secondary N) is 1. The summed E-state index contributed by atoms with van der Waals surface area (Å²) < 4.78 is 32.1. The van der Waals surface area contributed by atoms with Crippen LogP contribution < -0.4 is 10.1 Å². The second-order valence-electron chi connectivity index (χ2n) is 6.22. The van der Waals surface area contributed by atoms with Gasteiger partial charge in [0.25, 0.3) is 5.91 Å². The number of amides is 1. The second-order valence-corrected chi connectivity index (χ2v) is 9.70. The van der Waals surface area contributed by atoms with Gasteiger partial charge in [-0.15, -0.1) is 11.3 Å². The minimum absolute atomic E-state index is 0.295. The number of sulfone groups is 1. The Balaban J connectivity index is 1.65. The Hall–Kier alpha value is -2.39. The number of fused-ring (bicyclic) bond motifs is 2. The maximum Gasteiger partial charge on any atom is 0.270 e. The SMILES string of the molecule is COc1ccn2c(C(=O)N[C@H]3C[C@H](C)S(=O)(=O)c4sccc43)cnc2c1. The summed E-state index contributed by atoms with van der Waals surface area (Å²) in [6.45, 7) is 1.68. The first kappa shape index (κ1) is 17.0. The molecule has 0 bridgehead atoms. The third-order valence-electron chi connectivity index (χ3n) is 4.65. The number of methoxy groups -OCH3 is 1. The van der Waals surface area contributed by atoms with Crippen LogP contribution in [0.2, 0.25) is 0 Å². The maximum absolute atomic E-state index is 12.8. The van der Waals surface area contributed by atoms with Crippen molar-refractivity contribution in [2.75, 3.05) is 7.11 Å². The Kier molecular flexibility index (Phi) is 4.00. The summed E-state index contributed by atoms with van der Waals surface area (Å²) >= 11 is 1.20. The first-order valence-corrected chi connectivity index (χ1v) is 10.5. The van der Waals surface area contributed by atoms with E-state index in [2.05, 4.69) is 10.3 Å². The van der Waals surface area contributed by atoms with Crippen molar-refractivity contribution >= 4 is 32.7 Å². The van der Waals surface area contributed by atoms with Crippen LogP contribution >= 0.6 is 11.3 Å². The molecule has 2 atom stereocenters. The van der Waals surface area contributed by atoms with Gasteiger partial charge in [0.05, 0.1) is 24.6 Å². The van der Waals surface area contributed by atoms with Crippen molar-refractivity contribution in [1.82, 2.24) is 14.7 Å². The fraction of sp³-hybridized carbons (Fsp3) is 0.294. The topological polar surface area (TPSA) is 89.8 Å². The molecule has 0 aliphatic carbocycles. The standard InChI is InChI=1S/C17H17N3O4S2/c1-10-7-13(12-4-6-25-17(12)26(10,22)23)19-16(21)14-9-18-15-8-11(24-2)3-5-20(14)15/h3-6,8-10,13H,7H2,1-2H3,(H,19,21)/t10-,13-/m0/s1. The van der Waals surface area contributed by atoms with Crippen molar-refractivity contribution in [3.63, 3.8) is 0 Å². The quantitative estimate of drug-likeness (QED) is 0.741. The largest absolute Gasteiger partial charge is 0.497 e. The molecule has 1 amide bonds. The third kappa shape index (κ3) is 2.58. The normalized spacial score (nSPS) is 21.3. The lowest BCUT2D eigenvalue weighted by molar-refractivity contribution is 0.0927. The van der Waals surface area contributed by atoms with Gasteiger partial charge in [-0.3, -0.25) is 9.20 Å². The molecule has 0 fully saturated rings. The summed E-state index contributed by atoms with van der Waals surface area (Å²) in [6.07, 6.45) is 3.57. The lowest BCUT2D eigenvalue weighted by atomic mass is 10.0. The van der Waals surface area contributed by atoms with Gasteiger partial charge < -0.3 is 10.1 Å². The van der Waals surface area contributed by atoms with Gasteiger partial charge in [0, 0.05) is 17.8 Å². The van der Waals surface area contributed by atoms with Crippen LogP contribution in [0, 0.1) is 0 Å². The van der Waals surface area contributed by atoms with Gasteiger partial charge in [-0.05, 0) is 30.9 Å². The molecule has 0 saturated heterocycles. The number of aromatic nitrogens is 2. The predicted molar refractivity (Wildman–Crippen MR) is 97.5 cm³/mol. The van der Waals surface area contributed by atoms with E-state index in [9.17, 15) is 13.2 Å². The number of rotatable bonds is 3. The summed E-state index contributed by atoms with van der Waals surface area (Å²) in [7, 11) is -1.74. The van der Waals surface area contributed by atoms with Gasteiger partial charge in [-0.2, -0.15) is 0 Å². The number of carbonyl (C=O) groups is 1. The van der Waals surface area contributed by atoms with E-state index in [-0.39, 0.29) is 11.9 Å². The Bertz CT molecular complexity index is 1100. The molecule has 4 heterocycles. The minimum atomic E-state index is -3.31. The zero-order valence-corrected chi connectivity index (χ0v) is 15.8.